The highest BCUT2D eigenvalue weighted by atomic mass is 127. The molecule has 0 heterocycles. The Hall–Kier alpha value is 0.470. The van der Waals surface area contributed by atoms with Crippen molar-refractivity contribution in [1.82, 2.24) is 0 Å². The van der Waals surface area contributed by atoms with Gasteiger partial charge in [-0.3, -0.25) is 0 Å². The fraction of sp³-hybridized carbons (Fsp3) is 0.920. The molecule has 1 fully saturated rings. The van der Waals surface area contributed by atoms with E-state index in [0.29, 0.717) is 5.92 Å². The van der Waals surface area contributed by atoms with Gasteiger partial charge in [-0.1, -0.05) is 107 Å². The van der Waals surface area contributed by atoms with Gasteiger partial charge in [-0.25, -0.2) is 0 Å². The summed E-state index contributed by atoms with van der Waals surface area (Å²) in [6.45, 7) is 24.6. The van der Waals surface area contributed by atoms with Gasteiger partial charge in [0.1, 0.15) is 0 Å². The number of allylic oxidation sites excluding steroid dienone is 1. The van der Waals surface area contributed by atoms with Crippen molar-refractivity contribution in [3.8, 4) is 0 Å². The minimum atomic E-state index is 0. The van der Waals surface area contributed by atoms with Crippen molar-refractivity contribution in [2.24, 2.45) is 29.6 Å². The first-order chi connectivity index (χ1) is 11.8. The number of unbranched alkanes of at least 4 members (excludes halogenated alkanes) is 1. The fourth-order valence-electron chi connectivity index (χ4n) is 3.95. The van der Waals surface area contributed by atoms with Gasteiger partial charge in [0, 0.05) is 0 Å². The minimum Gasteiger partial charge on any atom is -0.107 e. The molecule has 0 nitrogen and oxygen atoms in total. The number of hydrogen-bond acceptors (Lipinski definition) is 0. The van der Waals surface area contributed by atoms with Gasteiger partial charge in [0.25, 0.3) is 0 Å². The summed E-state index contributed by atoms with van der Waals surface area (Å²) in [5.41, 5.74) is 1.53. The Balaban J connectivity index is -0.000000665. The van der Waals surface area contributed by atoms with Crippen molar-refractivity contribution >= 4 is 24.0 Å². The first-order valence-corrected chi connectivity index (χ1v) is 11.5. The number of rotatable bonds is 8. The molecule has 0 aromatic rings. The summed E-state index contributed by atoms with van der Waals surface area (Å²) < 4.78 is 0. The van der Waals surface area contributed by atoms with E-state index < -0.39 is 0 Å². The molecule has 26 heavy (non-hydrogen) atoms. The predicted molar refractivity (Wildman–Crippen MR) is 135 cm³/mol. The molecule has 160 valence electrons. The molecule has 0 aliphatic heterocycles. The molecule has 0 amide bonds. The van der Waals surface area contributed by atoms with Crippen molar-refractivity contribution < 1.29 is 0 Å². The molecule has 0 spiro atoms. The molecule has 1 aliphatic carbocycles. The van der Waals surface area contributed by atoms with Crippen LogP contribution in [0.3, 0.4) is 0 Å². The van der Waals surface area contributed by atoms with E-state index in [1.165, 1.54) is 63.4 Å². The molecule has 1 heteroatoms. The number of hydrogen-bond donors (Lipinski definition) is 0. The predicted octanol–water partition coefficient (Wildman–Crippen LogP) is 9.92. The van der Waals surface area contributed by atoms with Crippen molar-refractivity contribution in [2.75, 3.05) is 0 Å². The molecule has 0 radical (unpaired) electrons. The lowest BCUT2D eigenvalue weighted by Crippen LogP contribution is -2.24. The number of halogens is 1. The van der Waals surface area contributed by atoms with Gasteiger partial charge >= 0.3 is 0 Å². The average Bonchev–Trinajstić information content (AvgIpc) is 2.61. The van der Waals surface area contributed by atoms with Gasteiger partial charge in [0.15, 0.2) is 0 Å². The van der Waals surface area contributed by atoms with Crippen LogP contribution in [-0.4, -0.2) is 0 Å². The van der Waals surface area contributed by atoms with Crippen molar-refractivity contribution in [3.05, 3.63) is 12.2 Å². The van der Waals surface area contributed by atoms with Gasteiger partial charge in [-0.05, 0) is 55.3 Å². The van der Waals surface area contributed by atoms with Gasteiger partial charge in [-0.2, -0.15) is 0 Å². The van der Waals surface area contributed by atoms with Gasteiger partial charge in [0.2, 0.25) is 0 Å². The molecule has 0 aromatic carbocycles. The summed E-state index contributed by atoms with van der Waals surface area (Å²) in [6, 6.07) is 0. The smallest absolute Gasteiger partial charge is 0.0172 e. The Morgan fingerprint density at radius 3 is 1.65 bits per heavy atom. The summed E-state index contributed by atoms with van der Waals surface area (Å²) in [6.07, 6.45) is 12.6. The molecule has 2 unspecified atom stereocenters. The highest BCUT2D eigenvalue weighted by Gasteiger charge is 2.28. The van der Waals surface area contributed by atoms with Gasteiger partial charge in [-0.15, -0.1) is 24.0 Å². The molecule has 0 saturated heterocycles. The average molecular weight is 481 g/mol. The first-order valence-electron chi connectivity index (χ1n) is 11.5. The second kappa shape index (κ2) is 20.2. The summed E-state index contributed by atoms with van der Waals surface area (Å²) in [5, 5.41) is 0. The van der Waals surface area contributed by atoms with E-state index in [1.54, 1.807) is 0 Å². The summed E-state index contributed by atoms with van der Waals surface area (Å²) in [7, 11) is 0. The van der Waals surface area contributed by atoms with Crippen LogP contribution in [0.2, 0.25) is 0 Å². The van der Waals surface area contributed by atoms with E-state index in [-0.39, 0.29) is 24.0 Å². The lowest BCUT2D eigenvalue weighted by molar-refractivity contribution is 0.224. The summed E-state index contributed by atoms with van der Waals surface area (Å²) >= 11 is 0. The van der Waals surface area contributed by atoms with Crippen LogP contribution >= 0.6 is 24.0 Å². The van der Waals surface area contributed by atoms with Crippen LogP contribution in [0, 0.1) is 29.6 Å². The molecule has 0 N–H and O–H groups in total. The third-order valence-electron chi connectivity index (χ3n) is 5.47. The van der Waals surface area contributed by atoms with Gasteiger partial charge in [0.05, 0.1) is 0 Å². The maximum Gasteiger partial charge on any atom is -0.0172 e. The Bertz CT molecular complexity index is 285. The van der Waals surface area contributed by atoms with Crippen LogP contribution in [-0.2, 0) is 0 Å². The molecule has 1 rings (SSSR count). The standard InChI is InChI=1S/C19H36.C4H10.C2H6.HI/c1-14(2)12-16(5)13-19(17(6)15(3)4)18-10-8-7-9-11-18;1-3-4-2;1-2;/h14-16,18-19H,6-13H2,1-5H3;3-4H2,1-2H3;1-2H3;1H. The fourth-order valence-corrected chi connectivity index (χ4v) is 3.95. The van der Waals surface area contributed by atoms with Gasteiger partial charge < -0.3 is 0 Å². The quantitative estimate of drug-likeness (QED) is 0.239. The third kappa shape index (κ3) is 15.5. The van der Waals surface area contributed by atoms with Crippen LogP contribution in [0.15, 0.2) is 12.2 Å². The Morgan fingerprint density at radius 1 is 0.846 bits per heavy atom. The minimum absolute atomic E-state index is 0. The molecule has 1 aliphatic rings. The lowest BCUT2D eigenvalue weighted by atomic mass is 9.70. The Kier molecular flexibility index (Phi) is 24.2. The normalized spacial score (nSPS) is 16.6. The van der Waals surface area contributed by atoms with E-state index in [1.807, 2.05) is 13.8 Å². The maximum atomic E-state index is 4.46. The summed E-state index contributed by atoms with van der Waals surface area (Å²) in [5.74, 6) is 4.04. The molecule has 0 bridgehead atoms. The highest BCUT2D eigenvalue weighted by molar-refractivity contribution is 14.0. The van der Waals surface area contributed by atoms with E-state index in [2.05, 4.69) is 55.0 Å². The van der Waals surface area contributed by atoms with Crippen LogP contribution in [0.5, 0.6) is 0 Å². The molecule has 2 atom stereocenters. The molecule has 1 saturated carbocycles. The zero-order valence-electron chi connectivity index (χ0n) is 19.9. The second-order valence-corrected chi connectivity index (χ2v) is 8.70. The highest BCUT2D eigenvalue weighted by Crippen LogP contribution is 2.40. The van der Waals surface area contributed by atoms with Crippen LogP contribution in [0.4, 0.5) is 0 Å². The van der Waals surface area contributed by atoms with E-state index in [4.69, 9.17) is 0 Å². The van der Waals surface area contributed by atoms with Crippen molar-refractivity contribution in [3.63, 3.8) is 0 Å². The van der Waals surface area contributed by atoms with E-state index in [0.717, 1.165) is 23.7 Å². The zero-order chi connectivity index (χ0) is 19.8. The first kappa shape index (κ1) is 31.2. The zero-order valence-corrected chi connectivity index (χ0v) is 22.2. The largest absolute Gasteiger partial charge is 0.107 e. The SMILES string of the molecule is C=C(C(C)C)C(CC(C)CC(C)C)C1CCCCC1.CC.CCCC.I. The molecule has 0 aromatic heterocycles. The summed E-state index contributed by atoms with van der Waals surface area (Å²) in [4.78, 5) is 0. The van der Waals surface area contributed by atoms with Crippen LogP contribution < -0.4 is 0 Å². The Labute approximate surface area is 185 Å². The monoisotopic (exact) mass is 480 g/mol. The van der Waals surface area contributed by atoms with E-state index >= 15 is 0 Å². The maximum absolute atomic E-state index is 4.46. The van der Waals surface area contributed by atoms with Crippen LogP contribution in [0.25, 0.3) is 0 Å². The van der Waals surface area contributed by atoms with E-state index in [9.17, 15) is 0 Å². The lowest BCUT2D eigenvalue weighted by Gasteiger charge is -2.35. The van der Waals surface area contributed by atoms with Crippen molar-refractivity contribution in [1.29, 1.82) is 0 Å². The van der Waals surface area contributed by atoms with Crippen molar-refractivity contribution in [2.45, 2.75) is 120 Å². The molecular weight excluding hydrogens is 427 g/mol. The topological polar surface area (TPSA) is 0 Å². The second-order valence-electron chi connectivity index (χ2n) is 8.70. The Morgan fingerprint density at radius 2 is 1.31 bits per heavy atom. The third-order valence-corrected chi connectivity index (χ3v) is 5.47. The molecular formula is C25H53I. The van der Waals surface area contributed by atoms with Crippen LogP contribution in [0.1, 0.15) is 120 Å².